The molecule has 2 aliphatic heterocycles. The number of carbonyl (C=O) groups excluding carboxylic acids is 5. The molecule has 2 bridgehead atoms. The molecule has 4 amide bonds. The molecule has 2 fully saturated rings. The van der Waals surface area contributed by atoms with Crippen LogP contribution in [-0.2, 0) is 37.6 Å². The van der Waals surface area contributed by atoms with Crippen LogP contribution < -0.4 is 54.0 Å². The zero-order valence-electron chi connectivity index (χ0n) is 32.4. The number of nitrogens with zero attached hydrogens (tertiary/aromatic N) is 3. The minimum atomic E-state index is -0.895. The summed E-state index contributed by atoms with van der Waals surface area (Å²) >= 11 is 0. The summed E-state index contributed by atoms with van der Waals surface area (Å²) in [5, 5.41) is 7.76. The summed E-state index contributed by atoms with van der Waals surface area (Å²) in [6, 6.07) is 11.1. The lowest BCUT2D eigenvalue weighted by atomic mass is 9.51. The van der Waals surface area contributed by atoms with E-state index in [0.29, 0.717) is 36.3 Å². The number of ether oxygens (including phenoxy) is 3. The number of ketones is 1. The minimum absolute atomic E-state index is 0. The third kappa shape index (κ3) is 8.50. The molecule has 4 aliphatic rings. The molecule has 1 unspecified atom stereocenters. The van der Waals surface area contributed by atoms with Crippen molar-refractivity contribution in [2.24, 2.45) is 22.4 Å². The molecule has 304 valence electrons. The number of amides is 4. The maximum Gasteiger partial charge on any atom is 0.415 e. The van der Waals surface area contributed by atoms with Crippen LogP contribution in [0.15, 0.2) is 41.4 Å². The SMILES string of the molecule is COc1ccc2c3c1O[C@H]1C(=O)CC[C@H]4C(C2)[N@@+](C)(Cc2ccc(OC(=O)N(C)CCNC(=O)[C@H](CCCN=C(N)N)NC(=O)CNC(C)=O)cc2)CC[C@]314.[Cl-]. The fourth-order valence-electron chi connectivity index (χ4n) is 9.18. The van der Waals surface area contributed by atoms with E-state index >= 15 is 0 Å². The van der Waals surface area contributed by atoms with Crippen molar-refractivity contribution in [1.29, 1.82) is 0 Å². The summed E-state index contributed by atoms with van der Waals surface area (Å²) in [5.41, 5.74) is 14.0. The van der Waals surface area contributed by atoms with Crippen molar-refractivity contribution in [2.45, 2.75) is 75.6 Å². The first-order valence-electron chi connectivity index (χ1n) is 18.9. The lowest BCUT2D eigenvalue weighted by molar-refractivity contribution is -0.957. The molecular weight excluding hydrogens is 744 g/mol. The summed E-state index contributed by atoms with van der Waals surface area (Å²) < 4.78 is 18.6. The van der Waals surface area contributed by atoms with Gasteiger partial charge in [-0.1, -0.05) is 6.07 Å². The van der Waals surface area contributed by atoms with Gasteiger partial charge in [0.1, 0.15) is 18.3 Å². The van der Waals surface area contributed by atoms with Crippen LogP contribution in [0, 0.1) is 5.92 Å². The highest BCUT2D eigenvalue weighted by atomic mass is 35.5. The molecule has 0 radical (unpaired) electrons. The predicted octanol–water partition coefficient (Wildman–Crippen LogP) is -2.13. The number of piperidine rings is 1. The largest absolute Gasteiger partial charge is 1.00 e. The highest BCUT2D eigenvalue weighted by Crippen LogP contribution is 2.64. The van der Waals surface area contributed by atoms with Gasteiger partial charge in [-0.3, -0.25) is 24.2 Å². The first-order valence-corrected chi connectivity index (χ1v) is 18.9. The second-order valence-corrected chi connectivity index (χ2v) is 15.4. The van der Waals surface area contributed by atoms with Crippen molar-refractivity contribution in [3.8, 4) is 17.2 Å². The lowest BCUT2D eigenvalue weighted by Crippen LogP contribution is -3.00. The van der Waals surface area contributed by atoms with Crippen LogP contribution in [0.3, 0.4) is 0 Å². The number of nitrogens with two attached hydrogens (primary N) is 2. The fourth-order valence-corrected chi connectivity index (χ4v) is 9.18. The molecule has 17 heteroatoms. The van der Waals surface area contributed by atoms with Gasteiger partial charge in [0, 0.05) is 69.9 Å². The molecule has 56 heavy (non-hydrogen) atoms. The van der Waals surface area contributed by atoms with Gasteiger partial charge in [0.05, 0.1) is 38.7 Å². The molecule has 6 atom stereocenters. The fraction of sp³-hybridized carbons (Fsp3) is 0.538. The number of carbonyl (C=O) groups is 5. The van der Waals surface area contributed by atoms with Crippen molar-refractivity contribution >= 4 is 35.6 Å². The van der Waals surface area contributed by atoms with Crippen molar-refractivity contribution in [3.63, 3.8) is 0 Å². The molecule has 16 nitrogen and oxygen atoms in total. The predicted molar refractivity (Wildman–Crippen MR) is 202 cm³/mol. The Kier molecular flexibility index (Phi) is 13.0. The van der Waals surface area contributed by atoms with Crippen LogP contribution in [0.1, 0.15) is 55.7 Å². The summed E-state index contributed by atoms with van der Waals surface area (Å²) in [6.07, 6.45) is 2.80. The average molecular weight is 797 g/mol. The molecule has 1 saturated heterocycles. The molecule has 7 N–H and O–H groups in total. The molecule has 2 heterocycles. The zero-order valence-corrected chi connectivity index (χ0v) is 33.2. The number of aliphatic imine (C=N–C) groups is 1. The second kappa shape index (κ2) is 17.4. The Morgan fingerprint density at radius 1 is 1.12 bits per heavy atom. The van der Waals surface area contributed by atoms with E-state index in [2.05, 4.69) is 34.1 Å². The minimum Gasteiger partial charge on any atom is -1.00 e. The van der Waals surface area contributed by atoms with E-state index in [0.717, 1.165) is 48.1 Å². The Balaban J connectivity index is 0.00000600. The number of rotatable bonds is 15. The van der Waals surface area contributed by atoms with E-state index in [4.69, 9.17) is 25.7 Å². The van der Waals surface area contributed by atoms with E-state index < -0.39 is 30.1 Å². The summed E-state index contributed by atoms with van der Waals surface area (Å²) in [7, 11) is 5.54. The van der Waals surface area contributed by atoms with Crippen LogP contribution in [-0.4, -0.2) is 117 Å². The normalized spacial score (nSPS) is 24.2. The van der Waals surface area contributed by atoms with Crippen molar-refractivity contribution in [1.82, 2.24) is 20.9 Å². The van der Waals surface area contributed by atoms with Crippen molar-refractivity contribution in [3.05, 3.63) is 53.1 Å². The van der Waals surface area contributed by atoms with E-state index in [1.165, 1.54) is 23.0 Å². The molecule has 1 spiro atoms. The Labute approximate surface area is 333 Å². The number of Topliss-reactive ketones (excluding diaryl/α,β-unsaturated/α-hetero) is 1. The van der Waals surface area contributed by atoms with Gasteiger partial charge in [-0.2, -0.15) is 0 Å². The van der Waals surface area contributed by atoms with Gasteiger partial charge in [-0.05, 0) is 55.2 Å². The monoisotopic (exact) mass is 796 g/mol. The highest BCUT2D eigenvalue weighted by Gasteiger charge is 2.69. The molecule has 2 aromatic rings. The Hall–Kier alpha value is -5.09. The number of likely N-dealkylation sites (N-methyl/N-ethyl adjacent to an activating group) is 2. The molecular formula is C39H53ClN8O8. The van der Waals surface area contributed by atoms with E-state index in [1.54, 1.807) is 26.3 Å². The number of guanidine groups is 1. The van der Waals surface area contributed by atoms with Crippen molar-refractivity contribution in [2.75, 3.05) is 53.9 Å². The zero-order chi connectivity index (χ0) is 39.5. The average Bonchev–Trinajstić information content (AvgIpc) is 3.51. The number of halogens is 1. The second-order valence-electron chi connectivity index (χ2n) is 15.4. The summed E-state index contributed by atoms with van der Waals surface area (Å²) in [4.78, 5) is 67.9. The number of methoxy groups -OCH3 is 1. The van der Waals surface area contributed by atoms with Crippen molar-refractivity contribution < 1.29 is 55.1 Å². The van der Waals surface area contributed by atoms with Crippen LogP contribution in [0.2, 0.25) is 0 Å². The number of hydrogen-bond donors (Lipinski definition) is 5. The van der Waals surface area contributed by atoms with Crippen LogP contribution in [0.5, 0.6) is 17.2 Å². The maximum absolute atomic E-state index is 13.3. The standard InChI is InChI=1S/C39H52N8O8.ClH/c1-23(48)44-21-32(50)45-28(6-5-16-43-37(40)41)36(51)42-17-18-46(2)38(52)54-26-10-7-24(8-11-26)22-47(3)19-15-39-27-12-13-30(49)35(39)55-34-31(53-4)14-9-25(33(34)39)20-29(27)47;/h7-11,14,27-29,35H,5-6,12-13,15-22H2,1-4H3,(H6-,40,41,42,43,44,45,48,50,51);1H/t27-,28-,29?,35-,39-,47+;/m0./s1. The number of likely N-dealkylation sites (tertiary alicyclic amines) is 1. The third-order valence-electron chi connectivity index (χ3n) is 11.8. The van der Waals surface area contributed by atoms with Gasteiger partial charge in [0.25, 0.3) is 0 Å². The smallest absolute Gasteiger partial charge is 0.415 e. The van der Waals surface area contributed by atoms with Gasteiger partial charge in [0.15, 0.2) is 29.3 Å². The topological polar surface area (TPSA) is 217 Å². The van der Waals surface area contributed by atoms with E-state index in [1.807, 2.05) is 18.2 Å². The highest BCUT2D eigenvalue weighted by molar-refractivity contribution is 5.90. The lowest BCUT2D eigenvalue weighted by Gasteiger charge is -2.60. The molecule has 2 aromatic carbocycles. The Morgan fingerprint density at radius 2 is 1.88 bits per heavy atom. The summed E-state index contributed by atoms with van der Waals surface area (Å²) in [6.45, 7) is 3.25. The molecule has 0 aromatic heterocycles. The van der Waals surface area contributed by atoms with Gasteiger partial charge in [-0.25, -0.2) is 4.79 Å². The number of quaternary nitrogens is 1. The molecule has 2 aliphatic carbocycles. The summed E-state index contributed by atoms with van der Waals surface area (Å²) in [5.74, 6) is 0.974. The maximum atomic E-state index is 13.3. The number of benzene rings is 2. The molecule has 1 saturated carbocycles. The van der Waals surface area contributed by atoms with Gasteiger partial charge >= 0.3 is 6.09 Å². The number of hydrogen-bond acceptors (Lipinski definition) is 9. The Bertz CT molecular complexity index is 1860. The third-order valence-corrected chi connectivity index (χ3v) is 11.8. The van der Waals surface area contributed by atoms with Crippen LogP contribution in [0.4, 0.5) is 4.79 Å². The number of nitrogens with one attached hydrogen (secondary N) is 3. The first kappa shape index (κ1) is 42.1. The van der Waals surface area contributed by atoms with E-state index in [-0.39, 0.29) is 68.1 Å². The Morgan fingerprint density at radius 3 is 2.57 bits per heavy atom. The van der Waals surface area contributed by atoms with Gasteiger partial charge in [0.2, 0.25) is 17.7 Å². The van der Waals surface area contributed by atoms with Crippen LogP contribution in [0.25, 0.3) is 0 Å². The quantitative estimate of drug-likeness (QED) is 0.0572. The van der Waals surface area contributed by atoms with Gasteiger partial charge in [-0.15, -0.1) is 0 Å². The van der Waals surface area contributed by atoms with E-state index in [9.17, 15) is 24.0 Å². The molecule has 6 rings (SSSR count). The van der Waals surface area contributed by atoms with Crippen LogP contribution >= 0.6 is 0 Å². The first-order chi connectivity index (χ1) is 26.2. The van der Waals surface area contributed by atoms with Gasteiger partial charge < -0.3 is 63.4 Å².